The minimum Gasteiger partial charge on any atom is -0.395 e. The Kier molecular flexibility index (Phi) is 4.45. The van der Waals surface area contributed by atoms with Crippen LogP contribution in [-0.2, 0) is 0 Å². The van der Waals surface area contributed by atoms with Gasteiger partial charge >= 0.3 is 5.69 Å². The van der Waals surface area contributed by atoms with Crippen LogP contribution in [0, 0.1) is 10.1 Å². The molecule has 0 spiro atoms. The molecule has 4 rings (SSSR count). The number of hydrogen-bond acceptors (Lipinski definition) is 9. The largest absolute Gasteiger partial charge is 0.395 e. The van der Waals surface area contributed by atoms with E-state index in [0.717, 1.165) is 16.6 Å². The second kappa shape index (κ2) is 7.08. The van der Waals surface area contributed by atoms with Gasteiger partial charge in [-0.2, -0.15) is 0 Å². The summed E-state index contributed by atoms with van der Waals surface area (Å²) in [6.45, 7) is 0.0713. The minimum atomic E-state index is -0.527. The van der Waals surface area contributed by atoms with Crippen molar-refractivity contribution in [2.45, 2.75) is 0 Å². The van der Waals surface area contributed by atoms with Crippen molar-refractivity contribution in [2.75, 3.05) is 30.4 Å². The maximum absolute atomic E-state index is 11.6. The number of hydrogen-bond donors (Lipinski definition) is 2. The molecule has 2 N–H and O–H groups in total. The fraction of sp³-hybridized carbons (Fsp3) is 0.167. The van der Waals surface area contributed by atoms with Gasteiger partial charge in [0.1, 0.15) is 5.69 Å². The molecule has 0 aliphatic carbocycles. The Balaban J connectivity index is 1.84. The van der Waals surface area contributed by atoms with Gasteiger partial charge in [0, 0.05) is 30.9 Å². The second-order valence-corrected chi connectivity index (χ2v) is 6.19. The van der Waals surface area contributed by atoms with Crippen LogP contribution in [0.25, 0.3) is 21.9 Å². The molecule has 0 aliphatic rings. The lowest BCUT2D eigenvalue weighted by Gasteiger charge is -2.19. The number of nitro benzene ring substituents is 1. The summed E-state index contributed by atoms with van der Waals surface area (Å²) in [7, 11) is 1.66. The van der Waals surface area contributed by atoms with Gasteiger partial charge in [0.05, 0.1) is 22.7 Å². The first-order valence-electron chi connectivity index (χ1n) is 8.46. The zero-order chi connectivity index (χ0) is 19.7. The van der Waals surface area contributed by atoms with Gasteiger partial charge < -0.3 is 15.3 Å². The monoisotopic (exact) mass is 380 g/mol. The van der Waals surface area contributed by atoms with E-state index in [1.807, 2.05) is 30.3 Å². The van der Waals surface area contributed by atoms with E-state index in [9.17, 15) is 15.2 Å². The Hall–Kier alpha value is -3.79. The molecule has 0 unspecified atom stereocenters. The van der Waals surface area contributed by atoms with Crippen molar-refractivity contribution in [3.8, 4) is 0 Å². The zero-order valence-corrected chi connectivity index (χ0v) is 14.9. The van der Waals surface area contributed by atoms with Gasteiger partial charge in [-0.15, -0.1) is 0 Å². The molecule has 0 atom stereocenters. The number of nitrogens with zero attached hydrogens (tertiary/aromatic N) is 5. The van der Waals surface area contributed by atoms with E-state index in [1.165, 1.54) is 0 Å². The van der Waals surface area contributed by atoms with Gasteiger partial charge in [0.2, 0.25) is 5.52 Å². The molecule has 142 valence electrons. The van der Waals surface area contributed by atoms with E-state index in [1.54, 1.807) is 24.2 Å². The van der Waals surface area contributed by atoms with E-state index in [4.69, 9.17) is 4.63 Å². The molecule has 0 saturated carbocycles. The van der Waals surface area contributed by atoms with E-state index >= 15 is 0 Å². The SMILES string of the molecule is CN(CCO)c1cc(Nc2ccc3ncccc3c2)c2nonc2c1[N+](=O)[O-]. The summed E-state index contributed by atoms with van der Waals surface area (Å²) in [6.07, 6.45) is 1.72. The van der Waals surface area contributed by atoms with Crippen LogP contribution in [0.1, 0.15) is 0 Å². The number of nitro groups is 1. The number of aliphatic hydroxyl groups excluding tert-OH is 1. The third kappa shape index (κ3) is 3.05. The highest BCUT2D eigenvalue weighted by atomic mass is 16.6. The van der Waals surface area contributed by atoms with E-state index in [2.05, 4.69) is 20.6 Å². The Morgan fingerprint density at radius 2 is 2.07 bits per heavy atom. The average molecular weight is 380 g/mol. The van der Waals surface area contributed by atoms with Gasteiger partial charge in [-0.05, 0) is 40.6 Å². The van der Waals surface area contributed by atoms with Crippen LogP contribution < -0.4 is 10.2 Å². The van der Waals surface area contributed by atoms with Crippen molar-refractivity contribution in [2.24, 2.45) is 0 Å². The highest BCUT2D eigenvalue weighted by Gasteiger charge is 2.27. The molecular weight excluding hydrogens is 364 g/mol. The smallest absolute Gasteiger partial charge is 0.323 e. The molecule has 0 fully saturated rings. The van der Waals surface area contributed by atoms with Gasteiger partial charge in [-0.25, -0.2) is 4.63 Å². The first-order chi connectivity index (χ1) is 13.6. The molecule has 0 radical (unpaired) electrons. The summed E-state index contributed by atoms with van der Waals surface area (Å²) in [5.74, 6) is 0. The fourth-order valence-corrected chi connectivity index (χ4v) is 3.06. The van der Waals surface area contributed by atoms with Gasteiger partial charge in [-0.1, -0.05) is 6.07 Å². The van der Waals surface area contributed by atoms with Crippen molar-refractivity contribution in [1.82, 2.24) is 15.3 Å². The lowest BCUT2D eigenvalue weighted by Crippen LogP contribution is -2.22. The molecular formula is C18H16N6O4. The lowest BCUT2D eigenvalue weighted by molar-refractivity contribution is -0.382. The highest BCUT2D eigenvalue weighted by Crippen LogP contribution is 2.39. The van der Waals surface area contributed by atoms with Crippen molar-refractivity contribution < 1.29 is 14.7 Å². The van der Waals surface area contributed by atoms with Crippen molar-refractivity contribution in [1.29, 1.82) is 0 Å². The zero-order valence-electron chi connectivity index (χ0n) is 14.9. The van der Waals surface area contributed by atoms with Gasteiger partial charge in [0.25, 0.3) is 0 Å². The molecule has 10 nitrogen and oxygen atoms in total. The van der Waals surface area contributed by atoms with Crippen LogP contribution >= 0.6 is 0 Å². The second-order valence-electron chi connectivity index (χ2n) is 6.19. The molecule has 2 heterocycles. The third-order valence-electron chi connectivity index (χ3n) is 4.40. The summed E-state index contributed by atoms with van der Waals surface area (Å²) in [4.78, 5) is 17.0. The highest BCUT2D eigenvalue weighted by molar-refractivity contribution is 6.01. The molecule has 28 heavy (non-hydrogen) atoms. The number of nitrogens with one attached hydrogen (secondary N) is 1. The number of fused-ring (bicyclic) bond motifs is 2. The average Bonchev–Trinajstić information content (AvgIpc) is 3.17. The Morgan fingerprint density at radius 1 is 1.25 bits per heavy atom. The van der Waals surface area contributed by atoms with Crippen LogP contribution in [0.2, 0.25) is 0 Å². The van der Waals surface area contributed by atoms with Crippen LogP contribution in [0.4, 0.5) is 22.7 Å². The fourth-order valence-electron chi connectivity index (χ4n) is 3.06. The summed E-state index contributed by atoms with van der Waals surface area (Å²) < 4.78 is 4.78. The van der Waals surface area contributed by atoms with Gasteiger partial charge in [-0.3, -0.25) is 15.1 Å². The number of anilines is 3. The van der Waals surface area contributed by atoms with Crippen LogP contribution in [0.15, 0.2) is 47.2 Å². The predicted octanol–water partition coefficient (Wildman–Crippen LogP) is 2.85. The first-order valence-corrected chi connectivity index (χ1v) is 8.46. The van der Waals surface area contributed by atoms with Crippen molar-refractivity contribution in [3.05, 3.63) is 52.7 Å². The summed E-state index contributed by atoms with van der Waals surface area (Å²) in [5, 5.41) is 32.6. The molecule has 0 amide bonds. The normalized spacial score (nSPS) is 11.1. The topological polar surface area (TPSA) is 130 Å². The molecule has 0 saturated heterocycles. The Labute approximate surface area is 158 Å². The summed E-state index contributed by atoms with van der Waals surface area (Å²) in [6, 6.07) is 11.0. The molecule has 0 aliphatic heterocycles. The van der Waals surface area contributed by atoms with Crippen molar-refractivity contribution in [3.63, 3.8) is 0 Å². The Morgan fingerprint density at radius 3 is 2.86 bits per heavy atom. The number of benzene rings is 2. The van der Waals surface area contributed by atoms with Crippen molar-refractivity contribution >= 4 is 44.7 Å². The number of aliphatic hydroxyl groups is 1. The summed E-state index contributed by atoms with van der Waals surface area (Å²) >= 11 is 0. The van der Waals surface area contributed by atoms with Crippen LogP contribution in [0.5, 0.6) is 0 Å². The van der Waals surface area contributed by atoms with Crippen LogP contribution in [0.3, 0.4) is 0 Å². The molecule has 2 aromatic heterocycles. The number of pyridine rings is 1. The molecule has 10 heteroatoms. The Bertz CT molecular complexity index is 1180. The number of rotatable bonds is 6. The molecule has 0 bridgehead atoms. The number of aromatic nitrogens is 3. The van der Waals surface area contributed by atoms with E-state index < -0.39 is 4.92 Å². The molecule has 4 aromatic rings. The maximum Gasteiger partial charge on any atom is 0.323 e. The first kappa shape index (κ1) is 17.6. The van der Waals surface area contributed by atoms with Gasteiger partial charge in [0.15, 0.2) is 5.52 Å². The minimum absolute atomic E-state index is 0.0391. The standard InChI is InChI=1S/C18H16N6O4/c1-23(7-8-25)15-10-14(16-17(22-28-21-16)18(15)24(26)27)20-12-4-5-13-11(9-12)3-2-6-19-13/h2-6,9-10,20,25H,7-8H2,1H3. The quantitative estimate of drug-likeness (QED) is 0.383. The maximum atomic E-state index is 11.6. The molecule has 2 aromatic carbocycles. The van der Waals surface area contributed by atoms with Crippen LogP contribution in [-0.4, -0.2) is 45.5 Å². The predicted molar refractivity (Wildman–Crippen MR) is 104 cm³/mol. The van der Waals surface area contributed by atoms with E-state index in [0.29, 0.717) is 11.4 Å². The van der Waals surface area contributed by atoms with E-state index in [-0.39, 0.29) is 29.9 Å². The third-order valence-corrected chi connectivity index (χ3v) is 4.40. The summed E-state index contributed by atoms with van der Waals surface area (Å²) in [5.41, 5.74) is 2.48. The lowest BCUT2D eigenvalue weighted by atomic mass is 10.1. The number of likely N-dealkylation sites (N-methyl/N-ethyl adjacent to an activating group) is 1.